The number of anilines is 1. The normalized spacial score (nSPS) is 14.6. The van der Waals surface area contributed by atoms with E-state index in [1.54, 1.807) is 22.7 Å². The Bertz CT molecular complexity index is 1170. The molecule has 2 aromatic carbocycles. The van der Waals surface area contributed by atoms with Crippen LogP contribution in [0.3, 0.4) is 0 Å². The SMILES string of the molecule is Cc1cc2sc(N=Nc3ccc(N=Nc4ccc(N5CCCC5)cc4)cc3)nc2s1. The number of aromatic nitrogens is 1. The summed E-state index contributed by atoms with van der Waals surface area (Å²) in [7, 11) is 0. The van der Waals surface area contributed by atoms with Gasteiger partial charge in [-0.2, -0.15) is 10.2 Å². The average molecular weight is 433 g/mol. The molecule has 0 aliphatic carbocycles. The van der Waals surface area contributed by atoms with Crippen LogP contribution in [0.25, 0.3) is 9.53 Å². The summed E-state index contributed by atoms with van der Waals surface area (Å²) in [6, 6.07) is 17.9. The van der Waals surface area contributed by atoms with E-state index in [1.165, 1.54) is 23.4 Å². The van der Waals surface area contributed by atoms with E-state index >= 15 is 0 Å². The van der Waals surface area contributed by atoms with E-state index in [2.05, 4.69) is 55.5 Å². The van der Waals surface area contributed by atoms with E-state index in [-0.39, 0.29) is 0 Å². The maximum absolute atomic E-state index is 4.50. The topological polar surface area (TPSA) is 65.6 Å². The molecule has 1 aliphatic heterocycles. The molecule has 1 saturated heterocycles. The number of azo groups is 2. The number of hydrogen-bond donors (Lipinski definition) is 0. The fourth-order valence-corrected chi connectivity index (χ4v) is 5.33. The van der Waals surface area contributed by atoms with Crippen molar-refractivity contribution in [2.75, 3.05) is 18.0 Å². The van der Waals surface area contributed by atoms with E-state index in [1.807, 2.05) is 36.4 Å². The predicted octanol–water partition coefficient (Wildman–Crippen LogP) is 8.10. The maximum Gasteiger partial charge on any atom is 0.231 e. The van der Waals surface area contributed by atoms with Crippen molar-refractivity contribution in [2.45, 2.75) is 19.8 Å². The summed E-state index contributed by atoms with van der Waals surface area (Å²) >= 11 is 3.24. The highest BCUT2D eigenvalue weighted by molar-refractivity contribution is 7.28. The second kappa shape index (κ2) is 8.41. The molecule has 6 nitrogen and oxygen atoms in total. The van der Waals surface area contributed by atoms with Gasteiger partial charge >= 0.3 is 0 Å². The number of aryl methyl sites for hydroxylation is 1. The van der Waals surface area contributed by atoms with Crippen molar-refractivity contribution in [2.24, 2.45) is 20.5 Å². The molecule has 4 aromatic rings. The third kappa shape index (κ3) is 4.29. The molecule has 1 aliphatic rings. The summed E-state index contributed by atoms with van der Waals surface area (Å²) in [6.45, 7) is 4.37. The van der Waals surface area contributed by atoms with Gasteiger partial charge in [-0.3, -0.25) is 0 Å². The molecule has 1 fully saturated rings. The molecule has 150 valence electrons. The van der Waals surface area contributed by atoms with Crippen LogP contribution in [0.15, 0.2) is 75.1 Å². The van der Waals surface area contributed by atoms with Gasteiger partial charge in [0, 0.05) is 23.7 Å². The zero-order valence-electron chi connectivity index (χ0n) is 16.5. The van der Waals surface area contributed by atoms with Crippen LogP contribution in [0.2, 0.25) is 0 Å². The Morgan fingerprint density at radius 2 is 1.33 bits per heavy atom. The van der Waals surface area contributed by atoms with E-state index in [0.717, 1.165) is 39.7 Å². The van der Waals surface area contributed by atoms with E-state index in [9.17, 15) is 0 Å². The van der Waals surface area contributed by atoms with Crippen LogP contribution < -0.4 is 4.90 Å². The summed E-state index contributed by atoms with van der Waals surface area (Å²) in [4.78, 5) is 9.19. The van der Waals surface area contributed by atoms with Crippen molar-refractivity contribution in [3.05, 3.63) is 59.5 Å². The molecule has 0 unspecified atom stereocenters. The highest BCUT2D eigenvalue weighted by atomic mass is 32.1. The minimum absolute atomic E-state index is 0.678. The number of rotatable bonds is 5. The zero-order chi connectivity index (χ0) is 20.3. The van der Waals surface area contributed by atoms with Crippen LogP contribution in [0, 0.1) is 6.92 Å². The van der Waals surface area contributed by atoms with Gasteiger partial charge in [-0.25, -0.2) is 4.98 Å². The number of fused-ring (bicyclic) bond motifs is 1. The molecule has 2 aromatic heterocycles. The molecule has 0 atom stereocenters. The van der Waals surface area contributed by atoms with Gasteiger partial charge in [0.2, 0.25) is 5.13 Å². The molecule has 0 saturated carbocycles. The summed E-state index contributed by atoms with van der Waals surface area (Å²) < 4.78 is 1.16. The Morgan fingerprint density at radius 3 is 1.93 bits per heavy atom. The largest absolute Gasteiger partial charge is 0.372 e. The first-order chi connectivity index (χ1) is 14.7. The molecule has 30 heavy (non-hydrogen) atoms. The Morgan fingerprint density at radius 1 is 0.767 bits per heavy atom. The maximum atomic E-state index is 4.50. The first-order valence-corrected chi connectivity index (χ1v) is 11.5. The van der Waals surface area contributed by atoms with Crippen molar-refractivity contribution in [3.63, 3.8) is 0 Å². The molecule has 8 heteroatoms. The monoisotopic (exact) mass is 432 g/mol. The van der Waals surface area contributed by atoms with Crippen LogP contribution in [0.1, 0.15) is 17.7 Å². The van der Waals surface area contributed by atoms with Gasteiger partial charge in [0.25, 0.3) is 0 Å². The molecule has 0 radical (unpaired) electrons. The fraction of sp³-hybridized carbons (Fsp3) is 0.227. The lowest BCUT2D eigenvalue weighted by atomic mass is 10.2. The molecule has 0 N–H and O–H groups in total. The first-order valence-electron chi connectivity index (χ1n) is 9.88. The van der Waals surface area contributed by atoms with Crippen LogP contribution in [0.5, 0.6) is 0 Å². The summed E-state index contributed by atoms with van der Waals surface area (Å²) in [5.74, 6) is 0. The number of thiazole rings is 1. The van der Waals surface area contributed by atoms with Crippen LogP contribution in [0.4, 0.5) is 27.9 Å². The summed E-state index contributed by atoms with van der Waals surface area (Å²) in [6.07, 6.45) is 2.55. The van der Waals surface area contributed by atoms with Gasteiger partial charge in [0.05, 0.1) is 21.8 Å². The number of hydrogen-bond acceptors (Lipinski definition) is 8. The van der Waals surface area contributed by atoms with Gasteiger partial charge in [-0.05, 0) is 74.4 Å². The lowest BCUT2D eigenvalue weighted by Crippen LogP contribution is -2.17. The van der Waals surface area contributed by atoms with Crippen LogP contribution in [-0.2, 0) is 0 Å². The number of thiophene rings is 1. The van der Waals surface area contributed by atoms with Crippen molar-refractivity contribution in [1.82, 2.24) is 4.98 Å². The third-order valence-corrected chi connectivity index (χ3v) is 6.86. The third-order valence-electron chi connectivity index (χ3n) is 4.90. The van der Waals surface area contributed by atoms with Crippen molar-refractivity contribution in [1.29, 1.82) is 0 Å². The van der Waals surface area contributed by atoms with Gasteiger partial charge in [0.15, 0.2) is 0 Å². The molecular formula is C22H20N6S2. The molecule has 5 rings (SSSR count). The number of benzene rings is 2. The second-order valence-electron chi connectivity index (χ2n) is 7.15. The fourth-order valence-electron chi connectivity index (χ4n) is 3.39. The quantitative estimate of drug-likeness (QED) is 0.299. The van der Waals surface area contributed by atoms with Crippen LogP contribution in [-0.4, -0.2) is 18.1 Å². The molecular weight excluding hydrogens is 412 g/mol. The molecule has 0 spiro atoms. The van der Waals surface area contributed by atoms with Crippen molar-refractivity contribution < 1.29 is 0 Å². The lowest BCUT2D eigenvalue weighted by Gasteiger charge is -2.17. The minimum atomic E-state index is 0.678. The average Bonchev–Trinajstić information content (AvgIpc) is 3.49. The Labute approximate surface area is 182 Å². The van der Waals surface area contributed by atoms with Gasteiger partial charge in [-0.15, -0.1) is 21.6 Å². The molecule has 3 heterocycles. The number of nitrogens with zero attached hydrogens (tertiary/aromatic N) is 6. The second-order valence-corrected chi connectivity index (χ2v) is 9.39. The summed E-state index contributed by atoms with van der Waals surface area (Å²) in [5, 5.41) is 17.9. The Balaban J connectivity index is 1.22. The highest BCUT2D eigenvalue weighted by Gasteiger charge is 2.11. The zero-order valence-corrected chi connectivity index (χ0v) is 18.2. The van der Waals surface area contributed by atoms with Crippen molar-refractivity contribution >= 4 is 60.1 Å². The van der Waals surface area contributed by atoms with E-state index in [4.69, 9.17) is 0 Å². The Kier molecular flexibility index (Phi) is 5.33. The van der Waals surface area contributed by atoms with Gasteiger partial charge < -0.3 is 4.90 Å². The Hall–Kier alpha value is -2.97. The lowest BCUT2D eigenvalue weighted by molar-refractivity contribution is 0.949. The van der Waals surface area contributed by atoms with E-state index < -0.39 is 0 Å². The van der Waals surface area contributed by atoms with Gasteiger partial charge in [-0.1, -0.05) is 11.3 Å². The standard InChI is InChI=1S/C22H20N6S2/c1-15-14-20-21(29-15)23-22(30-20)27-26-17-6-4-16(5-7-17)24-25-18-8-10-19(11-9-18)28-12-2-3-13-28/h4-11,14H,2-3,12-13H2,1H3. The van der Waals surface area contributed by atoms with E-state index in [0.29, 0.717) is 5.13 Å². The van der Waals surface area contributed by atoms with Gasteiger partial charge in [0.1, 0.15) is 4.83 Å². The molecule has 0 amide bonds. The molecule has 0 bridgehead atoms. The first kappa shape index (κ1) is 19.0. The smallest absolute Gasteiger partial charge is 0.231 e. The van der Waals surface area contributed by atoms with Crippen LogP contribution >= 0.6 is 22.7 Å². The minimum Gasteiger partial charge on any atom is -0.372 e. The highest BCUT2D eigenvalue weighted by Crippen LogP contribution is 2.34. The summed E-state index contributed by atoms with van der Waals surface area (Å²) in [5.41, 5.74) is 3.65. The van der Waals surface area contributed by atoms with Crippen molar-refractivity contribution in [3.8, 4) is 0 Å². The predicted molar refractivity (Wildman–Crippen MR) is 125 cm³/mol.